The van der Waals surface area contributed by atoms with Gasteiger partial charge in [-0.2, -0.15) is 0 Å². The molecule has 0 aliphatic rings. The van der Waals surface area contributed by atoms with Crippen molar-refractivity contribution in [1.82, 2.24) is 5.32 Å². The van der Waals surface area contributed by atoms with Crippen molar-refractivity contribution in [3.8, 4) is 0 Å². The molecule has 0 radical (unpaired) electrons. The second-order valence-corrected chi connectivity index (χ2v) is 6.61. The Hall–Kier alpha value is -0.610. The molecule has 0 aliphatic carbocycles. The van der Waals surface area contributed by atoms with E-state index in [-0.39, 0.29) is 0 Å². The summed E-state index contributed by atoms with van der Waals surface area (Å²) in [4.78, 5) is 11.1. The molecule has 0 fully saturated rings. The molecule has 0 amide bonds. The fourth-order valence-electron chi connectivity index (χ4n) is 2.40. The lowest BCUT2D eigenvalue weighted by Crippen LogP contribution is -2.54. The molecule has 0 heterocycles. The number of unbranched alkanes of at least 4 members (excludes halogenated alkanes) is 5. The first-order valence-corrected chi connectivity index (χ1v) is 8.12. The van der Waals surface area contributed by atoms with Crippen LogP contribution in [-0.2, 0) is 4.79 Å². The molecule has 0 aromatic heterocycles. The topological polar surface area (TPSA) is 52.2 Å². The summed E-state index contributed by atoms with van der Waals surface area (Å²) in [6, 6.07) is -0.411. The van der Waals surface area contributed by atoms with Gasteiger partial charge in [0.15, 0.2) is 0 Å². The minimum absolute atomic E-state index is 0.411. The van der Waals surface area contributed by atoms with E-state index in [0.717, 1.165) is 19.5 Å². The van der Waals surface area contributed by atoms with Gasteiger partial charge in [0.2, 0.25) is 0 Å². The average molecular weight is 286 g/mol. The van der Waals surface area contributed by atoms with Crippen LogP contribution < -0.4 is 10.4 Å². The van der Waals surface area contributed by atoms with Crippen LogP contribution >= 0.6 is 0 Å². The van der Waals surface area contributed by atoms with Crippen LogP contribution in [0.25, 0.3) is 0 Å². The Labute approximate surface area is 125 Å². The van der Waals surface area contributed by atoms with Gasteiger partial charge in [-0.1, -0.05) is 39.0 Å². The standard InChI is InChI=1S/C16H34N2O2/c1-5-6-7-8-9-10-13-17-14-11-12-15(16(19)20)18(2,3)4/h15,17H,5-14H2,1-4H3. The minimum Gasteiger partial charge on any atom is -0.544 e. The van der Waals surface area contributed by atoms with E-state index in [9.17, 15) is 9.90 Å². The first kappa shape index (κ1) is 19.4. The van der Waals surface area contributed by atoms with Gasteiger partial charge in [0.25, 0.3) is 0 Å². The lowest BCUT2D eigenvalue weighted by atomic mass is 10.1. The number of nitrogens with zero attached hydrogens (tertiary/aromatic N) is 1. The van der Waals surface area contributed by atoms with E-state index in [1.165, 1.54) is 38.5 Å². The van der Waals surface area contributed by atoms with E-state index in [1.54, 1.807) is 0 Å². The van der Waals surface area contributed by atoms with Crippen molar-refractivity contribution in [3.63, 3.8) is 0 Å². The summed E-state index contributed by atoms with van der Waals surface area (Å²) in [5.74, 6) is -0.937. The first-order chi connectivity index (χ1) is 9.39. The molecular formula is C16H34N2O2. The van der Waals surface area contributed by atoms with Crippen LogP contribution in [0.2, 0.25) is 0 Å². The smallest absolute Gasteiger partial charge is 0.129 e. The molecule has 1 atom stereocenters. The summed E-state index contributed by atoms with van der Waals surface area (Å²) >= 11 is 0. The molecular weight excluding hydrogens is 252 g/mol. The molecule has 1 unspecified atom stereocenters. The van der Waals surface area contributed by atoms with Crippen molar-refractivity contribution in [2.24, 2.45) is 0 Å². The Bertz CT molecular complexity index is 249. The Morgan fingerprint density at radius 3 is 2.10 bits per heavy atom. The molecule has 1 N–H and O–H groups in total. The predicted octanol–water partition coefficient (Wildman–Crippen LogP) is 1.54. The summed E-state index contributed by atoms with van der Waals surface area (Å²) < 4.78 is 0.430. The third kappa shape index (κ3) is 10.2. The number of carbonyl (C=O) groups is 1. The first-order valence-electron chi connectivity index (χ1n) is 8.12. The zero-order chi connectivity index (χ0) is 15.4. The highest BCUT2D eigenvalue weighted by Gasteiger charge is 2.24. The van der Waals surface area contributed by atoms with Gasteiger partial charge in [0.1, 0.15) is 6.04 Å². The van der Waals surface area contributed by atoms with Crippen molar-refractivity contribution in [1.29, 1.82) is 0 Å². The predicted molar refractivity (Wildman–Crippen MR) is 82.3 cm³/mol. The number of nitrogens with one attached hydrogen (secondary N) is 1. The second kappa shape index (κ2) is 11.1. The van der Waals surface area contributed by atoms with Gasteiger partial charge in [-0.3, -0.25) is 0 Å². The normalized spacial score (nSPS) is 13.4. The van der Waals surface area contributed by atoms with Gasteiger partial charge in [-0.15, -0.1) is 0 Å². The third-order valence-corrected chi connectivity index (χ3v) is 3.75. The fraction of sp³-hybridized carbons (Fsp3) is 0.938. The molecule has 0 saturated carbocycles. The maximum atomic E-state index is 11.1. The number of aliphatic carboxylic acids is 1. The molecule has 0 saturated heterocycles. The molecule has 0 aliphatic heterocycles. The monoisotopic (exact) mass is 286 g/mol. The maximum Gasteiger partial charge on any atom is 0.129 e. The summed E-state index contributed by atoms with van der Waals surface area (Å²) in [5, 5.41) is 14.5. The largest absolute Gasteiger partial charge is 0.544 e. The molecule has 20 heavy (non-hydrogen) atoms. The summed E-state index contributed by atoms with van der Waals surface area (Å²) in [6.07, 6.45) is 9.43. The van der Waals surface area contributed by atoms with Gasteiger partial charge in [-0.25, -0.2) is 0 Å². The van der Waals surface area contributed by atoms with Crippen molar-refractivity contribution >= 4 is 5.97 Å². The molecule has 0 bridgehead atoms. The number of carboxylic acid groups (broad SMARTS) is 1. The quantitative estimate of drug-likeness (QED) is 0.413. The van der Waals surface area contributed by atoms with Gasteiger partial charge >= 0.3 is 0 Å². The van der Waals surface area contributed by atoms with Crippen LogP contribution in [-0.4, -0.2) is 50.7 Å². The summed E-state index contributed by atoms with van der Waals surface area (Å²) in [7, 11) is 5.72. The number of quaternary nitrogens is 1. The lowest BCUT2D eigenvalue weighted by molar-refractivity contribution is -0.889. The van der Waals surface area contributed by atoms with E-state index < -0.39 is 12.0 Å². The van der Waals surface area contributed by atoms with Crippen molar-refractivity contribution < 1.29 is 14.4 Å². The fourth-order valence-corrected chi connectivity index (χ4v) is 2.40. The number of hydrogen-bond donors (Lipinski definition) is 1. The van der Waals surface area contributed by atoms with Crippen LogP contribution in [0.1, 0.15) is 58.3 Å². The van der Waals surface area contributed by atoms with Gasteiger partial charge in [0, 0.05) is 6.42 Å². The lowest BCUT2D eigenvalue weighted by Gasteiger charge is -2.34. The van der Waals surface area contributed by atoms with Crippen LogP contribution in [0.4, 0.5) is 0 Å². The molecule has 4 heteroatoms. The van der Waals surface area contributed by atoms with Gasteiger partial charge < -0.3 is 19.7 Å². The highest BCUT2D eigenvalue weighted by Crippen LogP contribution is 2.09. The number of hydrogen-bond acceptors (Lipinski definition) is 3. The van der Waals surface area contributed by atoms with E-state index in [1.807, 2.05) is 21.1 Å². The van der Waals surface area contributed by atoms with Crippen LogP contribution in [0.15, 0.2) is 0 Å². The van der Waals surface area contributed by atoms with Crippen LogP contribution in [0.5, 0.6) is 0 Å². The molecule has 0 spiro atoms. The molecule has 120 valence electrons. The molecule has 0 rings (SSSR count). The highest BCUT2D eigenvalue weighted by molar-refractivity contribution is 5.69. The van der Waals surface area contributed by atoms with E-state index in [4.69, 9.17) is 0 Å². The second-order valence-electron chi connectivity index (χ2n) is 6.61. The number of carbonyl (C=O) groups excluding carboxylic acids is 1. The van der Waals surface area contributed by atoms with Gasteiger partial charge in [0.05, 0.1) is 27.1 Å². The van der Waals surface area contributed by atoms with Gasteiger partial charge in [-0.05, 0) is 25.9 Å². The van der Waals surface area contributed by atoms with Crippen molar-refractivity contribution in [2.75, 3.05) is 34.2 Å². The molecule has 4 nitrogen and oxygen atoms in total. The average Bonchev–Trinajstić information content (AvgIpc) is 2.34. The minimum atomic E-state index is -0.937. The molecule has 0 aromatic rings. The Morgan fingerprint density at radius 1 is 1.00 bits per heavy atom. The zero-order valence-corrected chi connectivity index (χ0v) is 13.9. The maximum absolute atomic E-state index is 11.1. The van der Waals surface area contributed by atoms with E-state index in [0.29, 0.717) is 10.9 Å². The van der Waals surface area contributed by atoms with Crippen molar-refractivity contribution in [2.45, 2.75) is 64.3 Å². The molecule has 0 aromatic carbocycles. The number of likely N-dealkylation sites (N-methyl/N-ethyl adjacent to an activating group) is 1. The SMILES string of the molecule is CCCCCCCCNCCCC(C(=O)[O-])[N+](C)(C)C. The Balaban J connectivity index is 3.49. The third-order valence-electron chi connectivity index (χ3n) is 3.75. The van der Waals surface area contributed by atoms with E-state index in [2.05, 4.69) is 12.2 Å². The Morgan fingerprint density at radius 2 is 1.55 bits per heavy atom. The Kier molecular flexibility index (Phi) is 10.8. The van der Waals surface area contributed by atoms with E-state index >= 15 is 0 Å². The van der Waals surface area contributed by atoms with Crippen LogP contribution in [0.3, 0.4) is 0 Å². The van der Waals surface area contributed by atoms with Crippen molar-refractivity contribution in [3.05, 3.63) is 0 Å². The number of carboxylic acids is 1. The summed E-state index contributed by atoms with van der Waals surface area (Å²) in [6.45, 7) is 4.18. The van der Waals surface area contributed by atoms with Crippen LogP contribution in [0, 0.1) is 0 Å². The highest BCUT2D eigenvalue weighted by atomic mass is 16.4. The summed E-state index contributed by atoms with van der Waals surface area (Å²) in [5.41, 5.74) is 0. The zero-order valence-electron chi connectivity index (χ0n) is 13.9. The number of rotatable bonds is 13.